The van der Waals surface area contributed by atoms with Crippen LogP contribution in [0.2, 0.25) is 0 Å². The molecule has 23 heavy (non-hydrogen) atoms. The summed E-state index contributed by atoms with van der Waals surface area (Å²) >= 11 is 0. The number of nitrogens with two attached hydrogens (primary N) is 1. The maximum Gasteiger partial charge on any atom is 0.227 e. The Morgan fingerprint density at radius 1 is 0.739 bits per heavy atom. The summed E-state index contributed by atoms with van der Waals surface area (Å²) in [5, 5.41) is 1.65. The van der Waals surface area contributed by atoms with Crippen LogP contribution in [0.3, 0.4) is 0 Å². The molecule has 0 aliphatic heterocycles. The minimum Gasteiger partial charge on any atom is -0.436 e. The number of hydrazine groups is 1. The first kappa shape index (κ1) is 13.5. The average Bonchev–Trinajstić information content (AvgIpc) is 3.06. The molecule has 2 N–H and O–H groups in total. The molecule has 1 aromatic heterocycles. The topological polar surface area (TPSA) is 55.3 Å². The second-order valence-corrected chi connectivity index (χ2v) is 5.24. The fourth-order valence-corrected chi connectivity index (χ4v) is 2.50. The van der Waals surface area contributed by atoms with Crippen molar-refractivity contribution in [3.63, 3.8) is 0 Å². The normalized spacial score (nSPS) is 10.8. The molecule has 0 bridgehead atoms. The van der Waals surface area contributed by atoms with Gasteiger partial charge in [-0.1, -0.05) is 30.3 Å². The lowest BCUT2D eigenvalue weighted by atomic mass is 10.2. The largest absolute Gasteiger partial charge is 0.436 e. The van der Waals surface area contributed by atoms with Crippen LogP contribution in [0.15, 0.2) is 83.3 Å². The third kappa shape index (κ3) is 2.56. The summed E-state index contributed by atoms with van der Waals surface area (Å²) in [5.74, 6) is 6.77. The molecule has 0 saturated heterocycles. The number of para-hydroxylation sites is 3. The smallest absolute Gasteiger partial charge is 0.227 e. The summed E-state index contributed by atoms with van der Waals surface area (Å²) in [7, 11) is 0. The zero-order valence-electron chi connectivity index (χ0n) is 12.4. The minimum absolute atomic E-state index is 0.612. The van der Waals surface area contributed by atoms with Gasteiger partial charge < -0.3 is 4.42 Å². The van der Waals surface area contributed by atoms with Crippen LogP contribution >= 0.6 is 0 Å². The van der Waals surface area contributed by atoms with E-state index in [0.29, 0.717) is 5.89 Å². The Bertz CT molecular complexity index is 897. The lowest BCUT2D eigenvalue weighted by molar-refractivity contribution is 0.620. The standard InChI is InChI=1S/C19H15N3O/c20-22(15-6-2-1-3-7-15)16-12-10-14(11-13-16)19-21-17-8-4-5-9-18(17)23-19/h1-13H,20H2. The van der Waals surface area contributed by atoms with Gasteiger partial charge in [0.25, 0.3) is 0 Å². The van der Waals surface area contributed by atoms with Crippen molar-refractivity contribution in [2.24, 2.45) is 5.84 Å². The Morgan fingerprint density at radius 2 is 1.39 bits per heavy atom. The van der Waals surface area contributed by atoms with E-state index < -0.39 is 0 Å². The number of benzene rings is 3. The van der Waals surface area contributed by atoms with E-state index >= 15 is 0 Å². The van der Waals surface area contributed by atoms with Crippen LogP contribution in [0.5, 0.6) is 0 Å². The highest BCUT2D eigenvalue weighted by molar-refractivity contribution is 5.76. The summed E-state index contributed by atoms with van der Waals surface area (Å²) in [6.45, 7) is 0. The lowest BCUT2D eigenvalue weighted by Gasteiger charge is -2.18. The molecule has 4 nitrogen and oxygen atoms in total. The zero-order valence-corrected chi connectivity index (χ0v) is 12.4. The van der Waals surface area contributed by atoms with Gasteiger partial charge in [-0.3, -0.25) is 5.01 Å². The van der Waals surface area contributed by atoms with E-state index in [4.69, 9.17) is 10.3 Å². The third-order valence-electron chi connectivity index (χ3n) is 3.72. The third-order valence-corrected chi connectivity index (χ3v) is 3.72. The van der Waals surface area contributed by atoms with Crippen LogP contribution in [0.4, 0.5) is 11.4 Å². The van der Waals surface area contributed by atoms with E-state index in [-0.39, 0.29) is 0 Å². The first-order valence-electron chi connectivity index (χ1n) is 7.37. The first-order chi connectivity index (χ1) is 11.3. The van der Waals surface area contributed by atoms with Crippen LogP contribution in [0.1, 0.15) is 0 Å². The Balaban J connectivity index is 1.65. The molecule has 0 aliphatic rings. The van der Waals surface area contributed by atoms with E-state index in [9.17, 15) is 0 Å². The summed E-state index contributed by atoms with van der Waals surface area (Å²) in [6, 6.07) is 25.4. The van der Waals surface area contributed by atoms with Gasteiger partial charge in [0.15, 0.2) is 5.58 Å². The molecule has 1 heterocycles. The molecule has 0 spiro atoms. The highest BCUT2D eigenvalue weighted by Gasteiger charge is 2.09. The summed E-state index contributed by atoms with van der Waals surface area (Å²) < 4.78 is 5.78. The average molecular weight is 301 g/mol. The Morgan fingerprint density at radius 3 is 2.13 bits per heavy atom. The molecule has 4 rings (SSSR count). The van der Waals surface area contributed by atoms with Crippen molar-refractivity contribution in [1.82, 2.24) is 4.98 Å². The molecular formula is C19H15N3O. The molecule has 4 heteroatoms. The molecule has 0 aliphatic carbocycles. The lowest BCUT2D eigenvalue weighted by Crippen LogP contribution is -2.24. The quantitative estimate of drug-likeness (QED) is 0.447. The minimum atomic E-state index is 0.612. The Labute approximate surface area is 133 Å². The molecule has 3 aromatic carbocycles. The van der Waals surface area contributed by atoms with Gasteiger partial charge in [-0.2, -0.15) is 0 Å². The van der Waals surface area contributed by atoms with Crippen molar-refractivity contribution in [2.45, 2.75) is 0 Å². The fourth-order valence-electron chi connectivity index (χ4n) is 2.50. The van der Waals surface area contributed by atoms with Gasteiger partial charge in [0, 0.05) is 5.56 Å². The monoisotopic (exact) mass is 301 g/mol. The van der Waals surface area contributed by atoms with E-state index in [0.717, 1.165) is 28.0 Å². The van der Waals surface area contributed by atoms with Gasteiger partial charge in [0.05, 0.1) is 11.4 Å². The van der Waals surface area contributed by atoms with Gasteiger partial charge in [0.2, 0.25) is 5.89 Å². The van der Waals surface area contributed by atoms with Crippen LogP contribution in [-0.4, -0.2) is 4.98 Å². The van der Waals surface area contributed by atoms with Crippen molar-refractivity contribution >= 4 is 22.5 Å². The zero-order chi connectivity index (χ0) is 15.6. The second kappa shape index (κ2) is 5.59. The molecule has 0 amide bonds. The predicted octanol–water partition coefficient (Wildman–Crippen LogP) is 4.51. The van der Waals surface area contributed by atoms with Crippen molar-refractivity contribution in [2.75, 3.05) is 5.01 Å². The number of hydrogen-bond donors (Lipinski definition) is 1. The van der Waals surface area contributed by atoms with Gasteiger partial charge in [-0.05, 0) is 48.5 Å². The predicted molar refractivity (Wildman–Crippen MR) is 92.2 cm³/mol. The van der Waals surface area contributed by atoms with Crippen LogP contribution < -0.4 is 10.9 Å². The number of rotatable bonds is 3. The SMILES string of the molecule is NN(c1ccccc1)c1ccc(-c2nc3ccccc3o2)cc1. The summed E-state index contributed by atoms with van der Waals surface area (Å²) in [6.07, 6.45) is 0. The Hall–Kier alpha value is -3.11. The number of nitrogens with zero attached hydrogens (tertiary/aromatic N) is 2. The molecule has 112 valence electrons. The van der Waals surface area contributed by atoms with Gasteiger partial charge >= 0.3 is 0 Å². The number of fused-ring (bicyclic) bond motifs is 1. The molecule has 0 radical (unpaired) electrons. The van der Waals surface area contributed by atoms with Crippen molar-refractivity contribution in [1.29, 1.82) is 0 Å². The maximum atomic E-state index is 6.16. The van der Waals surface area contributed by atoms with Gasteiger partial charge in [0.1, 0.15) is 5.52 Å². The fraction of sp³-hybridized carbons (Fsp3) is 0. The number of oxazole rings is 1. The van der Waals surface area contributed by atoms with Gasteiger partial charge in [-0.15, -0.1) is 0 Å². The molecule has 4 aromatic rings. The van der Waals surface area contributed by atoms with Crippen LogP contribution in [0, 0.1) is 0 Å². The highest BCUT2D eigenvalue weighted by atomic mass is 16.3. The maximum absolute atomic E-state index is 6.16. The summed E-state index contributed by atoms with van der Waals surface area (Å²) in [4.78, 5) is 4.50. The van der Waals surface area contributed by atoms with E-state index in [1.165, 1.54) is 0 Å². The van der Waals surface area contributed by atoms with Crippen molar-refractivity contribution < 1.29 is 4.42 Å². The number of aromatic nitrogens is 1. The number of anilines is 2. The van der Waals surface area contributed by atoms with E-state index in [1.54, 1.807) is 5.01 Å². The second-order valence-electron chi connectivity index (χ2n) is 5.24. The van der Waals surface area contributed by atoms with E-state index in [1.807, 2.05) is 78.9 Å². The van der Waals surface area contributed by atoms with Crippen LogP contribution in [-0.2, 0) is 0 Å². The first-order valence-corrected chi connectivity index (χ1v) is 7.37. The van der Waals surface area contributed by atoms with Crippen molar-refractivity contribution in [3.05, 3.63) is 78.9 Å². The molecule has 0 saturated carbocycles. The van der Waals surface area contributed by atoms with Gasteiger partial charge in [-0.25, -0.2) is 10.8 Å². The van der Waals surface area contributed by atoms with E-state index in [2.05, 4.69) is 4.98 Å². The molecular weight excluding hydrogens is 286 g/mol. The molecule has 0 fully saturated rings. The van der Waals surface area contributed by atoms with Crippen LogP contribution in [0.25, 0.3) is 22.6 Å². The molecule has 0 unspecified atom stereocenters. The molecule has 0 atom stereocenters. The highest BCUT2D eigenvalue weighted by Crippen LogP contribution is 2.27. The summed E-state index contributed by atoms with van der Waals surface area (Å²) in [5.41, 5.74) is 4.40. The Kier molecular flexibility index (Phi) is 3.29. The number of hydrogen-bond acceptors (Lipinski definition) is 4. The van der Waals surface area contributed by atoms with Crippen molar-refractivity contribution in [3.8, 4) is 11.5 Å².